The Hall–Kier alpha value is -1.87. The van der Waals surface area contributed by atoms with Gasteiger partial charge in [-0.05, 0) is 48.7 Å². The lowest BCUT2D eigenvalue weighted by molar-refractivity contribution is 0.265. The molecular formula is C17H20N2O. The van der Waals surface area contributed by atoms with Crippen LogP contribution in [0.2, 0.25) is 0 Å². The van der Waals surface area contributed by atoms with Crippen molar-refractivity contribution in [3.8, 4) is 5.75 Å². The Balaban J connectivity index is 1.50. The maximum Gasteiger partial charge on any atom is 0.122 e. The average molecular weight is 268 g/mol. The minimum Gasteiger partial charge on any atom is -0.493 e. The van der Waals surface area contributed by atoms with Crippen LogP contribution in [0.3, 0.4) is 0 Å². The number of nitrogens with zero attached hydrogens (tertiary/aromatic N) is 1. The van der Waals surface area contributed by atoms with Crippen LogP contribution in [0.5, 0.6) is 5.75 Å². The fourth-order valence-electron chi connectivity index (χ4n) is 2.69. The van der Waals surface area contributed by atoms with Crippen molar-refractivity contribution in [2.24, 2.45) is 0 Å². The summed E-state index contributed by atoms with van der Waals surface area (Å²) in [6.45, 7) is 2.85. The molecule has 3 nitrogen and oxygen atoms in total. The van der Waals surface area contributed by atoms with Gasteiger partial charge in [-0.1, -0.05) is 18.2 Å². The van der Waals surface area contributed by atoms with Crippen molar-refractivity contribution in [3.63, 3.8) is 0 Å². The van der Waals surface area contributed by atoms with E-state index in [0.29, 0.717) is 5.92 Å². The van der Waals surface area contributed by atoms with Gasteiger partial charge in [0.2, 0.25) is 0 Å². The van der Waals surface area contributed by atoms with Gasteiger partial charge in [-0.2, -0.15) is 0 Å². The van der Waals surface area contributed by atoms with Crippen LogP contribution in [0.1, 0.15) is 23.5 Å². The Bertz CT molecular complexity index is 542. The molecule has 1 unspecified atom stereocenters. The highest BCUT2D eigenvalue weighted by Crippen LogP contribution is 2.32. The van der Waals surface area contributed by atoms with Gasteiger partial charge in [0.15, 0.2) is 0 Å². The molecule has 1 atom stereocenters. The molecule has 0 saturated heterocycles. The van der Waals surface area contributed by atoms with Crippen LogP contribution in [-0.2, 0) is 6.42 Å². The standard InChI is InChI=1S/C17H20N2O/c1-2-4-17-16(3-1)15(8-12-20-17)13-19-11-7-14-5-9-18-10-6-14/h1-6,9-10,15,19H,7-8,11-13H2. The van der Waals surface area contributed by atoms with E-state index < -0.39 is 0 Å². The third-order valence-corrected chi connectivity index (χ3v) is 3.81. The van der Waals surface area contributed by atoms with E-state index in [1.807, 2.05) is 18.5 Å². The molecule has 0 bridgehead atoms. The molecule has 0 spiro atoms. The average Bonchev–Trinajstić information content (AvgIpc) is 2.53. The molecule has 0 radical (unpaired) electrons. The summed E-state index contributed by atoms with van der Waals surface area (Å²) in [5.41, 5.74) is 2.68. The molecule has 3 heteroatoms. The number of nitrogens with one attached hydrogen (secondary N) is 1. The lowest BCUT2D eigenvalue weighted by Crippen LogP contribution is -2.27. The Morgan fingerprint density at radius 1 is 1.15 bits per heavy atom. The number of hydrogen-bond donors (Lipinski definition) is 1. The smallest absolute Gasteiger partial charge is 0.122 e. The molecule has 0 saturated carbocycles. The van der Waals surface area contributed by atoms with Gasteiger partial charge in [0.1, 0.15) is 5.75 Å². The number of rotatable bonds is 5. The minimum absolute atomic E-state index is 0.567. The van der Waals surface area contributed by atoms with Gasteiger partial charge in [0.05, 0.1) is 6.61 Å². The molecule has 1 N–H and O–H groups in total. The molecule has 20 heavy (non-hydrogen) atoms. The lowest BCUT2D eigenvalue weighted by Gasteiger charge is -2.26. The number of para-hydroxylation sites is 1. The first-order chi connectivity index (χ1) is 9.93. The molecule has 1 aromatic carbocycles. The summed E-state index contributed by atoms with van der Waals surface area (Å²) >= 11 is 0. The molecule has 0 amide bonds. The molecule has 0 fully saturated rings. The second-order valence-corrected chi connectivity index (χ2v) is 5.18. The second-order valence-electron chi connectivity index (χ2n) is 5.18. The molecule has 1 aliphatic heterocycles. The van der Waals surface area contributed by atoms with E-state index >= 15 is 0 Å². The summed E-state index contributed by atoms with van der Waals surface area (Å²) in [6, 6.07) is 12.5. The van der Waals surface area contributed by atoms with E-state index in [0.717, 1.165) is 38.3 Å². The summed E-state index contributed by atoms with van der Waals surface area (Å²) in [4.78, 5) is 4.04. The Morgan fingerprint density at radius 2 is 2.00 bits per heavy atom. The van der Waals surface area contributed by atoms with Crippen molar-refractivity contribution in [2.75, 3.05) is 19.7 Å². The zero-order valence-electron chi connectivity index (χ0n) is 11.6. The number of fused-ring (bicyclic) bond motifs is 1. The van der Waals surface area contributed by atoms with Crippen molar-refractivity contribution in [1.82, 2.24) is 10.3 Å². The van der Waals surface area contributed by atoms with Crippen molar-refractivity contribution in [2.45, 2.75) is 18.8 Å². The Labute approximate surface area is 120 Å². The number of ether oxygens (including phenoxy) is 1. The van der Waals surface area contributed by atoms with Gasteiger partial charge in [-0.25, -0.2) is 0 Å². The molecule has 1 aromatic heterocycles. The summed E-state index contributed by atoms with van der Waals surface area (Å²) < 4.78 is 5.69. The Morgan fingerprint density at radius 3 is 2.90 bits per heavy atom. The predicted molar refractivity (Wildman–Crippen MR) is 80.1 cm³/mol. The van der Waals surface area contributed by atoms with E-state index in [-0.39, 0.29) is 0 Å². The highest BCUT2D eigenvalue weighted by atomic mass is 16.5. The van der Waals surface area contributed by atoms with Crippen LogP contribution >= 0.6 is 0 Å². The normalized spacial score (nSPS) is 17.3. The number of hydrogen-bond acceptors (Lipinski definition) is 3. The third kappa shape index (κ3) is 3.17. The van der Waals surface area contributed by atoms with Crippen LogP contribution in [0.25, 0.3) is 0 Å². The maximum absolute atomic E-state index is 5.69. The quantitative estimate of drug-likeness (QED) is 0.847. The largest absolute Gasteiger partial charge is 0.493 e. The molecule has 104 valence electrons. The fourth-order valence-corrected chi connectivity index (χ4v) is 2.69. The van der Waals surface area contributed by atoms with Gasteiger partial charge in [-0.15, -0.1) is 0 Å². The van der Waals surface area contributed by atoms with Gasteiger partial charge in [0, 0.05) is 24.9 Å². The van der Waals surface area contributed by atoms with Gasteiger partial charge >= 0.3 is 0 Å². The first-order valence-electron chi connectivity index (χ1n) is 7.25. The molecule has 0 aliphatic carbocycles. The van der Waals surface area contributed by atoms with Crippen molar-refractivity contribution in [3.05, 3.63) is 59.9 Å². The first kappa shape index (κ1) is 13.1. The highest BCUT2D eigenvalue weighted by Gasteiger charge is 2.20. The SMILES string of the molecule is c1ccc2c(c1)OCCC2CNCCc1ccncc1. The van der Waals surface area contributed by atoms with Crippen molar-refractivity contribution < 1.29 is 4.74 Å². The van der Waals surface area contributed by atoms with Gasteiger partial charge < -0.3 is 10.1 Å². The van der Waals surface area contributed by atoms with E-state index in [4.69, 9.17) is 4.74 Å². The third-order valence-electron chi connectivity index (χ3n) is 3.81. The van der Waals surface area contributed by atoms with Crippen molar-refractivity contribution in [1.29, 1.82) is 0 Å². The van der Waals surface area contributed by atoms with Gasteiger partial charge in [-0.3, -0.25) is 4.98 Å². The van der Waals surface area contributed by atoms with Crippen molar-refractivity contribution >= 4 is 0 Å². The summed E-state index contributed by atoms with van der Waals surface area (Å²) in [6.07, 6.45) is 5.85. The summed E-state index contributed by atoms with van der Waals surface area (Å²) in [5.74, 6) is 1.62. The summed E-state index contributed by atoms with van der Waals surface area (Å²) in [5, 5.41) is 3.57. The minimum atomic E-state index is 0.567. The van der Waals surface area contributed by atoms with E-state index in [1.165, 1.54) is 11.1 Å². The topological polar surface area (TPSA) is 34.1 Å². The van der Waals surface area contributed by atoms with Gasteiger partial charge in [0.25, 0.3) is 0 Å². The van der Waals surface area contributed by atoms with E-state index in [9.17, 15) is 0 Å². The monoisotopic (exact) mass is 268 g/mol. The molecule has 2 aromatic rings. The summed E-state index contributed by atoms with van der Waals surface area (Å²) in [7, 11) is 0. The van der Waals surface area contributed by atoms with Crippen LogP contribution in [0.15, 0.2) is 48.8 Å². The first-order valence-corrected chi connectivity index (χ1v) is 7.25. The molecule has 1 aliphatic rings. The van der Waals surface area contributed by atoms with Crippen LogP contribution in [0.4, 0.5) is 0 Å². The second kappa shape index (κ2) is 6.53. The molecule has 2 heterocycles. The molecule has 3 rings (SSSR count). The predicted octanol–water partition coefficient (Wildman–Crippen LogP) is 2.78. The Kier molecular flexibility index (Phi) is 4.28. The highest BCUT2D eigenvalue weighted by molar-refractivity contribution is 5.37. The van der Waals surface area contributed by atoms with E-state index in [1.54, 1.807) is 0 Å². The zero-order valence-corrected chi connectivity index (χ0v) is 11.6. The van der Waals surface area contributed by atoms with E-state index in [2.05, 4.69) is 40.6 Å². The van der Waals surface area contributed by atoms with Crippen LogP contribution in [0, 0.1) is 0 Å². The number of benzene rings is 1. The van der Waals surface area contributed by atoms with Crippen LogP contribution < -0.4 is 10.1 Å². The fraction of sp³-hybridized carbons (Fsp3) is 0.353. The lowest BCUT2D eigenvalue weighted by atomic mass is 9.93. The number of pyridine rings is 1. The maximum atomic E-state index is 5.69. The van der Waals surface area contributed by atoms with Crippen LogP contribution in [-0.4, -0.2) is 24.7 Å². The molecular weight excluding hydrogens is 248 g/mol. The zero-order chi connectivity index (χ0) is 13.6. The number of aromatic nitrogens is 1.